The van der Waals surface area contributed by atoms with Gasteiger partial charge in [0.25, 0.3) is 0 Å². The van der Waals surface area contributed by atoms with E-state index in [1.807, 2.05) is 6.92 Å². The fourth-order valence-electron chi connectivity index (χ4n) is 3.19. The van der Waals surface area contributed by atoms with Crippen molar-refractivity contribution < 1.29 is 0 Å². The Morgan fingerprint density at radius 2 is 1.61 bits per heavy atom. The number of hydrogen-bond donors (Lipinski definition) is 1. The van der Waals surface area contributed by atoms with E-state index in [4.69, 9.17) is 5.73 Å². The van der Waals surface area contributed by atoms with Crippen LogP contribution in [0.4, 0.5) is 0 Å². The lowest BCUT2D eigenvalue weighted by Gasteiger charge is -2.24. The Hall–Kier alpha value is -0.830. The van der Waals surface area contributed by atoms with Gasteiger partial charge in [-0.1, -0.05) is 70.4 Å². The van der Waals surface area contributed by atoms with Gasteiger partial charge in [-0.3, -0.25) is 4.99 Å². The van der Waals surface area contributed by atoms with Gasteiger partial charge in [0.15, 0.2) is 0 Å². The molecule has 0 aromatic carbocycles. The monoisotopic (exact) mass is 321 g/mol. The van der Waals surface area contributed by atoms with Crippen LogP contribution in [0.3, 0.4) is 0 Å². The van der Waals surface area contributed by atoms with Crippen molar-refractivity contribution in [3.8, 4) is 0 Å². The molecule has 0 aromatic heterocycles. The van der Waals surface area contributed by atoms with E-state index in [0.29, 0.717) is 0 Å². The highest BCUT2D eigenvalue weighted by Gasteiger charge is 2.18. The summed E-state index contributed by atoms with van der Waals surface area (Å²) in [4.78, 5) is 6.79. The Kier molecular flexibility index (Phi) is 11.9. The van der Waals surface area contributed by atoms with Crippen LogP contribution in [0.25, 0.3) is 0 Å². The van der Waals surface area contributed by atoms with Gasteiger partial charge in [-0.2, -0.15) is 0 Å². The fourth-order valence-corrected chi connectivity index (χ4v) is 3.19. The second-order valence-electron chi connectivity index (χ2n) is 6.86. The molecular weight excluding hydrogens is 282 g/mol. The van der Waals surface area contributed by atoms with Gasteiger partial charge in [0.05, 0.1) is 12.7 Å². The first-order valence-corrected chi connectivity index (χ1v) is 9.96. The first kappa shape index (κ1) is 20.2. The molecule has 1 atom stereocenters. The predicted molar refractivity (Wildman–Crippen MR) is 103 cm³/mol. The normalized spacial score (nSPS) is 16.3. The highest BCUT2D eigenvalue weighted by atomic mass is 15.3. The number of allylic oxidation sites excluding steroid dienone is 2. The molecule has 1 heterocycles. The number of aliphatic imine (C=N–C) groups is 1. The van der Waals surface area contributed by atoms with Crippen LogP contribution < -0.4 is 5.73 Å². The molecule has 3 nitrogen and oxygen atoms in total. The number of hydrogen-bond acceptors (Lipinski definition) is 3. The second-order valence-corrected chi connectivity index (χ2v) is 6.86. The summed E-state index contributed by atoms with van der Waals surface area (Å²) in [6.45, 7) is 6.23. The van der Waals surface area contributed by atoms with E-state index in [9.17, 15) is 0 Å². The van der Waals surface area contributed by atoms with Crippen LogP contribution in [0.2, 0.25) is 0 Å². The predicted octanol–water partition coefficient (Wildman–Crippen LogP) is 5.26. The van der Waals surface area contributed by atoms with Gasteiger partial charge in [0, 0.05) is 13.0 Å². The van der Waals surface area contributed by atoms with Crippen molar-refractivity contribution in [2.45, 2.75) is 97.1 Å². The van der Waals surface area contributed by atoms with Crippen LogP contribution in [0.15, 0.2) is 17.1 Å². The van der Waals surface area contributed by atoms with E-state index in [0.717, 1.165) is 25.9 Å². The molecule has 0 spiro atoms. The Labute approximate surface area is 144 Å². The molecular formula is C20H39N3. The second kappa shape index (κ2) is 13.6. The zero-order valence-electron chi connectivity index (χ0n) is 15.6. The van der Waals surface area contributed by atoms with Crippen molar-refractivity contribution in [1.82, 2.24) is 4.90 Å². The zero-order chi connectivity index (χ0) is 16.8. The summed E-state index contributed by atoms with van der Waals surface area (Å²) in [6.07, 6.45) is 20.8. The van der Waals surface area contributed by atoms with Gasteiger partial charge >= 0.3 is 0 Å². The SMILES string of the molecule is CCCCCCCCCCC/C=C/CCC1=NCCN1C(C)N. The van der Waals surface area contributed by atoms with Gasteiger partial charge in [-0.15, -0.1) is 0 Å². The lowest BCUT2D eigenvalue weighted by atomic mass is 10.1. The summed E-state index contributed by atoms with van der Waals surface area (Å²) in [6, 6.07) is 0. The average Bonchev–Trinajstić information content (AvgIpc) is 3.00. The summed E-state index contributed by atoms with van der Waals surface area (Å²) < 4.78 is 0. The Morgan fingerprint density at radius 1 is 1.00 bits per heavy atom. The van der Waals surface area contributed by atoms with Crippen molar-refractivity contribution in [1.29, 1.82) is 0 Å². The Balaban J connectivity index is 1.89. The van der Waals surface area contributed by atoms with Crippen LogP contribution in [0.1, 0.15) is 90.9 Å². The summed E-state index contributed by atoms with van der Waals surface area (Å²) >= 11 is 0. The molecule has 0 aliphatic carbocycles. The van der Waals surface area contributed by atoms with Gasteiger partial charge in [-0.25, -0.2) is 0 Å². The summed E-state index contributed by atoms with van der Waals surface area (Å²) in [5.74, 6) is 1.20. The van der Waals surface area contributed by atoms with Crippen LogP contribution in [0.5, 0.6) is 0 Å². The molecule has 0 bridgehead atoms. The van der Waals surface area contributed by atoms with E-state index in [2.05, 4.69) is 29.0 Å². The maximum absolute atomic E-state index is 5.96. The van der Waals surface area contributed by atoms with Crippen molar-refractivity contribution in [3.63, 3.8) is 0 Å². The summed E-state index contributed by atoms with van der Waals surface area (Å²) in [7, 11) is 0. The van der Waals surface area contributed by atoms with Gasteiger partial charge in [0.1, 0.15) is 5.84 Å². The standard InChI is InChI=1S/C20H39N3/c1-3-4-5-6-7-8-9-10-11-12-13-14-15-16-20-22-17-18-23(20)19(2)21/h13-14,19H,3-12,15-18,21H2,1-2H3/b14-13+. The summed E-state index contributed by atoms with van der Waals surface area (Å²) in [5, 5.41) is 0. The highest BCUT2D eigenvalue weighted by molar-refractivity contribution is 5.84. The number of amidine groups is 1. The average molecular weight is 322 g/mol. The topological polar surface area (TPSA) is 41.6 Å². The molecule has 0 aromatic rings. The van der Waals surface area contributed by atoms with Gasteiger partial charge in [0.2, 0.25) is 0 Å². The van der Waals surface area contributed by atoms with E-state index in [-0.39, 0.29) is 6.17 Å². The molecule has 1 unspecified atom stereocenters. The molecule has 3 heteroatoms. The fraction of sp³-hybridized carbons (Fsp3) is 0.850. The van der Waals surface area contributed by atoms with Crippen molar-refractivity contribution in [2.75, 3.05) is 13.1 Å². The van der Waals surface area contributed by atoms with E-state index in [1.165, 1.54) is 70.0 Å². The molecule has 2 N–H and O–H groups in total. The third-order valence-electron chi connectivity index (χ3n) is 4.63. The number of rotatable bonds is 14. The third kappa shape index (κ3) is 9.80. The molecule has 23 heavy (non-hydrogen) atoms. The van der Waals surface area contributed by atoms with Crippen LogP contribution in [0, 0.1) is 0 Å². The van der Waals surface area contributed by atoms with Crippen molar-refractivity contribution >= 4 is 5.84 Å². The van der Waals surface area contributed by atoms with Crippen molar-refractivity contribution in [3.05, 3.63) is 12.2 Å². The molecule has 0 radical (unpaired) electrons. The molecule has 134 valence electrons. The number of nitrogens with two attached hydrogens (primary N) is 1. The maximum atomic E-state index is 5.96. The number of unbranched alkanes of at least 4 members (excludes halogenated alkanes) is 9. The maximum Gasteiger partial charge on any atom is 0.101 e. The highest BCUT2D eigenvalue weighted by Crippen LogP contribution is 2.12. The minimum absolute atomic E-state index is 0.0993. The third-order valence-corrected chi connectivity index (χ3v) is 4.63. The Bertz CT molecular complexity index is 334. The summed E-state index contributed by atoms with van der Waals surface area (Å²) in [5.41, 5.74) is 5.96. The van der Waals surface area contributed by atoms with Crippen LogP contribution in [-0.2, 0) is 0 Å². The minimum atomic E-state index is 0.0993. The molecule has 1 aliphatic heterocycles. The zero-order valence-corrected chi connectivity index (χ0v) is 15.6. The molecule has 1 rings (SSSR count). The quantitative estimate of drug-likeness (QED) is 0.350. The van der Waals surface area contributed by atoms with E-state index < -0.39 is 0 Å². The Morgan fingerprint density at radius 3 is 2.26 bits per heavy atom. The molecule has 0 saturated carbocycles. The van der Waals surface area contributed by atoms with Crippen LogP contribution >= 0.6 is 0 Å². The lowest BCUT2D eigenvalue weighted by Crippen LogP contribution is -2.41. The molecule has 0 amide bonds. The first-order chi connectivity index (χ1) is 11.3. The van der Waals surface area contributed by atoms with Gasteiger partial charge < -0.3 is 10.6 Å². The minimum Gasteiger partial charge on any atom is -0.343 e. The smallest absolute Gasteiger partial charge is 0.101 e. The van der Waals surface area contributed by atoms with Crippen LogP contribution in [-0.4, -0.2) is 30.0 Å². The number of nitrogens with zero attached hydrogens (tertiary/aromatic N) is 2. The first-order valence-electron chi connectivity index (χ1n) is 9.96. The van der Waals surface area contributed by atoms with E-state index >= 15 is 0 Å². The van der Waals surface area contributed by atoms with Crippen molar-refractivity contribution in [2.24, 2.45) is 10.7 Å². The largest absolute Gasteiger partial charge is 0.343 e. The van der Waals surface area contributed by atoms with E-state index in [1.54, 1.807) is 0 Å². The van der Waals surface area contributed by atoms with Gasteiger partial charge in [-0.05, 0) is 26.2 Å². The molecule has 0 fully saturated rings. The molecule has 0 saturated heterocycles. The lowest BCUT2D eigenvalue weighted by molar-refractivity contribution is 0.360. The molecule has 1 aliphatic rings.